The van der Waals surface area contributed by atoms with E-state index in [1.807, 2.05) is 0 Å². The highest BCUT2D eigenvalue weighted by molar-refractivity contribution is 5.77. The van der Waals surface area contributed by atoms with E-state index in [4.69, 9.17) is 5.11 Å². The van der Waals surface area contributed by atoms with Gasteiger partial charge in [-0.25, -0.2) is 0 Å². The van der Waals surface area contributed by atoms with Gasteiger partial charge in [0.05, 0.1) is 0 Å². The Balaban J connectivity index is 1.88. The van der Waals surface area contributed by atoms with Gasteiger partial charge in [-0.15, -0.1) is 0 Å². The normalized spacial score (nSPS) is 29.5. The summed E-state index contributed by atoms with van der Waals surface area (Å²) in [5.41, 5.74) is 0. The molecule has 0 spiro atoms. The molecule has 0 saturated carbocycles. The number of amides is 1. The van der Waals surface area contributed by atoms with Crippen molar-refractivity contribution in [3.8, 4) is 0 Å². The van der Waals surface area contributed by atoms with Crippen LogP contribution < -0.4 is 0 Å². The Bertz CT molecular complexity index is 290. The van der Waals surface area contributed by atoms with Crippen LogP contribution in [0.3, 0.4) is 0 Å². The quantitative estimate of drug-likeness (QED) is 0.750. The van der Waals surface area contributed by atoms with Gasteiger partial charge in [0.15, 0.2) is 0 Å². The number of rotatable bonds is 4. The smallest absolute Gasteiger partial charge is 0.248 e. The van der Waals surface area contributed by atoms with Crippen LogP contribution in [-0.2, 0) is 4.79 Å². The molecule has 5 nitrogen and oxygen atoms in total. The van der Waals surface area contributed by atoms with E-state index in [9.17, 15) is 9.90 Å². The maximum absolute atomic E-state index is 11.5. The number of likely N-dealkylation sites (tertiary alicyclic amines) is 2. The largest absolute Gasteiger partial charge is 0.396 e. The topological polar surface area (TPSA) is 64.0 Å². The summed E-state index contributed by atoms with van der Waals surface area (Å²) >= 11 is 0. The zero-order valence-corrected chi connectivity index (χ0v) is 11.6. The van der Waals surface area contributed by atoms with Gasteiger partial charge in [0.25, 0.3) is 0 Å². The van der Waals surface area contributed by atoms with Gasteiger partial charge in [-0.1, -0.05) is 12.8 Å². The Labute approximate surface area is 115 Å². The van der Waals surface area contributed by atoms with E-state index in [1.165, 1.54) is 25.7 Å². The van der Waals surface area contributed by atoms with Crippen LogP contribution in [0, 0.1) is 11.8 Å². The molecule has 2 atom stereocenters. The minimum Gasteiger partial charge on any atom is -0.396 e. The fourth-order valence-electron chi connectivity index (χ4n) is 3.31. The fourth-order valence-corrected chi connectivity index (χ4v) is 3.31. The highest BCUT2D eigenvalue weighted by Crippen LogP contribution is 2.25. The van der Waals surface area contributed by atoms with Crippen LogP contribution in [0.5, 0.6) is 0 Å². The number of nitrogens with zero attached hydrogens (tertiary/aromatic N) is 2. The molecule has 0 unspecified atom stereocenters. The molecule has 19 heavy (non-hydrogen) atoms. The van der Waals surface area contributed by atoms with Crippen molar-refractivity contribution in [3.05, 3.63) is 0 Å². The number of hydrogen-bond acceptors (Lipinski definition) is 4. The molecule has 0 radical (unpaired) electrons. The number of hydrogen-bond donors (Lipinski definition) is 2. The summed E-state index contributed by atoms with van der Waals surface area (Å²) in [7, 11) is 0. The van der Waals surface area contributed by atoms with Crippen molar-refractivity contribution in [3.63, 3.8) is 0 Å². The summed E-state index contributed by atoms with van der Waals surface area (Å²) in [5, 5.41) is 18.4. The van der Waals surface area contributed by atoms with Crippen LogP contribution in [0.25, 0.3) is 0 Å². The van der Waals surface area contributed by atoms with E-state index in [2.05, 4.69) is 4.90 Å². The fraction of sp³-hybridized carbons (Fsp3) is 0.929. The number of carbonyl (C=O) groups excluding carboxylic acids is 1. The lowest BCUT2D eigenvalue weighted by molar-refractivity contribution is -0.133. The third-order valence-corrected chi connectivity index (χ3v) is 4.49. The third kappa shape index (κ3) is 3.91. The van der Waals surface area contributed by atoms with Gasteiger partial charge >= 0.3 is 0 Å². The van der Waals surface area contributed by atoms with Crippen LogP contribution in [0.4, 0.5) is 0 Å². The molecule has 2 aliphatic heterocycles. The van der Waals surface area contributed by atoms with E-state index < -0.39 is 6.61 Å². The molecule has 5 heteroatoms. The molecule has 0 aromatic rings. The van der Waals surface area contributed by atoms with E-state index in [1.54, 1.807) is 4.90 Å². The second kappa shape index (κ2) is 7.22. The summed E-state index contributed by atoms with van der Waals surface area (Å²) in [4.78, 5) is 15.7. The molecular weight excluding hydrogens is 244 g/mol. The first kappa shape index (κ1) is 14.8. The summed E-state index contributed by atoms with van der Waals surface area (Å²) in [6.45, 7) is 4.24. The molecule has 2 saturated heterocycles. The lowest BCUT2D eigenvalue weighted by atomic mass is 9.96. The number of aliphatic hydroxyl groups is 2. The van der Waals surface area contributed by atoms with Crippen molar-refractivity contribution in [1.82, 2.24) is 9.80 Å². The van der Waals surface area contributed by atoms with Gasteiger partial charge in [0.1, 0.15) is 6.61 Å². The first-order valence-corrected chi connectivity index (χ1v) is 7.46. The van der Waals surface area contributed by atoms with E-state index in [0.717, 1.165) is 19.6 Å². The molecular formula is C14H26N2O3. The average Bonchev–Trinajstić information content (AvgIpc) is 2.65. The molecule has 2 fully saturated rings. The Hall–Kier alpha value is -0.650. The average molecular weight is 270 g/mol. The van der Waals surface area contributed by atoms with Crippen LogP contribution in [0.15, 0.2) is 0 Å². The molecule has 1 amide bonds. The lowest BCUT2D eigenvalue weighted by Gasteiger charge is -2.26. The zero-order chi connectivity index (χ0) is 13.7. The summed E-state index contributed by atoms with van der Waals surface area (Å²) in [5.74, 6) is 0.300. The maximum Gasteiger partial charge on any atom is 0.248 e. The van der Waals surface area contributed by atoms with Crippen molar-refractivity contribution in [1.29, 1.82) is 0 Å². The maximum atomic E-state index is 11.5. The molecule has 2 N–H and O–H groups in total. The Morgan fingerprint density at radius 2 is 1.63 bits per heavy atom. The molecule has 2 aliphatic rings. The summed E-state index contributed by atoms with van der Waals surface area (Å²) in [6.07, 6.45) is 5.16. The van der Waals surface area contributed by atoms with Crippen molar-refractivity contribution < 1.29 is 15.0 Å². The Morgan fingerprint density at radius 3 is 2.21 bits per heavy atom. The van der Waals surface area contributed by atoms with E-state index >= 15 is 0 Å². The van der Waals surface area contributed by atoms with Crippen molar-refractivity contribution in [2.75, 3.05) is 45.9 Å². The Kier molecular flexibility index (Phi) is 5.60. The zero-order valence-electron chi connectivity index (χ0n) is 11.6. The SMILES string of the molecule is O=C(CO)N1C[C@@H](CN2CCCCCC2)[C@@H](CO)C1. The minimum atomic E-state index is -0.422. The van der Waals surface area contributed by atoms with Crippen LogP contribution in [0.2, 0.25) is 0 Å². The molecule has 0 aliphatic carbocycles. The van der Waals surface area contributed by atoms with Gasteiger partial charge in [-0.05, 0) is 31.8 Å². The first-order valence-electron chi connectivity index (χ1n) is 7.46. The lowest BCUT2D eigenvalue weighted by Crippen LogP contribution is -2.35. The first-order chi connectivity index (χ1) is 9.24. The van der Waals surface area contributed by atoms with Crippen LogP contribution >= 0.6 is 0 Å². The van der Waals surface area contributed by atoms with Crippen LogP contribution in [0.1, 0.15) is 25.7 Å². The predicted molar refractivity (Wildman–Crippen MR) is 72.6 cm³/mol. The van der Waals surface area contributed by atoms with Gasteiger partial charge in [-0.2, -0.15) is 0 Å². The minimum absolute atomic E-state index is 0.133. The van der Waals surface area contributed by atoms with E-state index in [-0.39, 0.29) is 18.4 Å². The number of aliphatic hydroxyl groups excluding tert-OH is 2. The van der Waals surface area contributed by atoms with Gasteiger partial charge < -0.3 is 20.0 Å². The summed E-state index contributed by atoms with van der Waals surface area (Å²) in [6, 6.07) is 0. The molecule has 0 bridgehead atoms. The standard InChI is InChI=1S/C14H26N2O3/c17-10-13-9-16(14(19)11-18)8-12(13)7-15-5-3-1-2-4-6-15/h12-13,17-18H,1-11H2/t12-,13-/m1/s1. The summed E-state index contributed by atoms with van der Waals surface area (Å²) < 4.78 is 0. The van der Waals surface area contributed by atoms with Gasteiger partial charge in [0.2, 0.25) is 5.91 Å². The number of carbonyl (C=O) groups is 1. The van der Waals surface area contributed by atoms with Gasteiger partial charge in [0, 0.05) is 32.2 Å². The second-order valence-corrected chi connectivity index (χ2v) is 5.87. The highest BCUT2D eigenvalue weighted by atomic mass is 16.3. The van der Waals surface area contributed by atoms with Crippen molar-refractivity contribution >= 4 is 5.91 Å². The van der Waals surface area contributed by atoms with Gasteiger partial charge in [-0.3, -0.25) is 4.79 Å². The highest BCUT2D eigenvalue weighted by Gasteiger charge is 2.35. The molecule has 0 aromatic carbocycles. The van der Waals surface area contributed by atoms with Crippen molar-refractivity contribution in [2.24, 2.45) is 11.8 Å². The van der Waals surface area contributed by atoms with Crippen molar-refractivity contribution in [2.45, 2.75) is 25.7 Å². The van der Waals surface area contributed by atoms with E-state index in [0.29, 0.717) is 19.0 Å². The monoisotopic (exact) mass is 270 g/mol. The molecule has 2 heterocycles. The third-order valence-electron chi connectivity index (χ3n) is 4.49. The predicted octanol–water partition coefficient (Wildman–Crippen LogP) is -0.0784. The van der Waals surface area contributed by atoms with Crippen LogP contribution in [-0.4, -0.2) is 71.9 Å². The molecule has 2 rings (SSSR count). The second-order valence-electron chi connectivity index (χ2n) is 5.87. The Morgan fingerprint density at radius 1 is 1.00 bits per heavy atom. The molecule has 110 valence electrons. The molecule has 0 aromatic heterocycles.